The zero-order chi connectivity index (χ0) is 60.6. The van der Waals surface area contributed by atoms with Crippen molar-refractivity contribution in [1.82, 2.24) is 19.9 Å². The Morgan fingerprint density at radius 1 is 0.277 bits per heavy atom. The molecule has 5 heterocycles. The number of hydrogen-bond donors (Lipinski definition) is 0. The number of rotatable bonds is 4. The second kappa shape index (κ2) is 21.0. The van der Waals surface area contributed by atoms with Gasteiger partial charge in [-0.2, -0.15) is 0 Å². The topological polar surface area (TPSA) is 88.1 Å². The number of hydrogen-bond acceptors (Lipinski definition) is 4. The van der Waals surface area contributed by atoms with Crippen LogP contribution in [0.5, 0.6) is 0 Å². The van der Waals surface area contributed by atoms with Gasteiger partial charge in [0.1, 0.15) is 11.4 Å². The van der Waals surface area contributed by atoms with Crippen LogP contribution in [0.2, 0.25) is 0 Å². The number of ketones is 2. The zero-order valence-corrected chi connectivity index (χ0v) is 55.2. The molecule has 2 aliphatic heterocycles. The molecule has 7 aromatic rings. The summed E-state index contributed by atoms with van der Waals surface area (Å²) in [6, 6.07) is 35.3. The van der Waals surface area contributed by atoms with Crippen molar-refractivity contribution in [3.63, 3.8) is 0 Å². The number of aromatic nitrogens is 4. The van der Waals surface area contributed by atoms with Crippen LogP contribution in [-0.4, -0.2) is 21.5 Å². The van der Waals surface area contributed by atoms with Crippen LogP contribution in [0, 0.1) is 0 Å². The van der Waals surface area contributed by atoms with E-state index in [1.54, 1.807) is 0 Å². The summed E-state index contributed by atoms with van der Waals surface area (Å²) in [5.41, 5.74) is 17.8. The molecule has 2 aliphatic rings. The maximum atomic E-state index is 15.6. The standard InChI is InChI=1S/C76H92N4O2.Cu/c1-69(2,3)47-31-43(32-48(39-47)70(4,5)6)61-55-25-26-56(77-55)62(44-33-49(71(7,8)9)40-50(34-44)72(10,11)12)58-28-30-60(79-58)64(46-37-53(75(19,20)21)42-54(38-46)76(22,23)24)66-68(82)67(81)65(80-66)63(59-29-27-57(61)78-59)45-35-51(73(13,14)15)41-52(36-45)74(16,17)18;/h25-42H,1-24H3,(H2,77,78,79,80,81,82);/q;+2/p-2. The first kappa shape index (κ1) is 62.6. The van der Waals surface area contributed by atoms with Gasteiger partial charge >= 0.3 is 17.1 Å². The van der Waals surface area contributed by atoms with Gasteiger partial charge in [-0.1, -0.05) is 263 Å². The number of Topliss-reactive ketones (excluding diaryl/α,β-unsaturated/α-hetero) is 2. The molecule has 0 saturated heterocycles. The summed E-state index contributed by atoms with van der Waals surface area (Å²) in [6.07, 6.45) is 4.28. The molecule has 0 atom stereocenters. The first-order valence-electron chi connectivity index (χ1n) is 29.6. The summed E-state index contributed by atoms with van der Waals surface area (Å²) in [4.78, 5) is 53.6. The first-order valence-corrected chi connectivity index (χ1v) is 29.6. The number of benzene rings is 4. The third-order valence-electron chi connectivity index (χ3n) is 16.6. The molecular formula is C76H90CuN4O2. The van der Waals surface area contributed by atoms with E-state index in [1.165, 1.54) is 22.3 Å². The van der Waals surface area contributed by atoms with Crippen LogP contribution in [0.25, 0.3) is 78.7 Å². The van der Waals surface area contributed by atoms with Crippen molar-refractivity contribution in [3.05, 3.63) is 164 Å². The molecule has 1 radical (unpaired) electrons. The van der Waals surface area contributed by atoms with Gasteiger partial charge in [0.05, 0.1) is 11.4 Å². The van der Waals surface area contributed by atoms with E-state index in [2.05, 4.69) is 263 Å². The third-order valence-corrected chi connectivity index (χ3v) is 16.6. The van der Waals surface area contributed by atoms with E-state index in [9.17, 15) is 0 Å². The summed E-state index contributed by atoms with van der Waals surface area (Å²) in [7, 11) is 0. The molecule has 0 amide bonds. The maximum absolute atomic E-state index is 15.6. The van der Waals surface area contributed by atoms with Gasteiger partial charge in [0.15, 0.2) is 0 Å². The molecule has 83 heavy (non-hydrogen) atoms. The average molecular weight is 1160 g/mol. The predicted octanol–water partition coefficient (Wildman–Crippen LogP) is 19.9. The molecule has 8 bridgehead atoms. The van der Waals surface area contributed by atoms with Crippen molar-refractivity contribution in [3.8, 4) is 44.5 Å². The molecule has 3 aromatic heterocycles. The van der Waals surface area contributed by atoms with Crippen LogP contribution >= 0.6 is 0 Å². The van der Waals surface area contributed by atoms with Crippen molar-refractivity contribution < 1.29 is 26.7 Å². The Hall–Kier alpha value is -6.40. The van der Waals surface area contributed by atoms with Crippen LogP contribution in [0.4, 0.5) is 0 Å². The molecule has 0 aliphatic carbocycles. The van der Waals surface area contributed by atoms with Crippen LogP contribution in [0.1, 0.15) is 243 Å². The average Bonchev–Trinajstić information content (AvgIpc) is 2.85. The van der Waals surface area contributed by atoms with Crippen molar-refractivity contribution in [2.75, 3.05) is 0 Å². The molecule has 437 valence electrons. The van der Waals surface area contributed by atoms with Crippen molar-refractivity contribution in [2.24, 2.45) is 0 Å². The Balaban J connectivity index is 0.00000900. The molecular weight excluding hydrogens is 1060 g/mol. The Kier molecular flexibility index (Phi) is 15.8. The summed E-state index contributed by atoms with van der Waals surface area (Å²) in [5.74, 6) is -1.35. The Bertz CT molecular complexity index is 3580. The van der Waals surface area contributed by atoms with Gasteiger partial charge in [-0.15, -0.1) is 22.1 Å². The van der Waals surface area contributed by atoms with E-state index in [-0.39, 0.29) is 71.8 Å². The maximum Gasteiger partial charge on any atom is 2.00 e. The van der Waals surface area contributed by atoms with Gasteiger partial charge < -0.3 is 9.97 Å². The largest absolute Gasteiger partial charge is 2.00 e. The van der Waals surface area contributed by atoms with Gasteiger partial charge in [0.25, 0.3) is 11.6 Å². The van der Waals surface area contributed by atoms with Crippen molar-refractivity contribution >= 4 is 45.8 Å². The molecule has 4 aromatic carbocycles. The fraction of sp³-hybridized carbons (Fsp3) is 0.421. The van der Waals surface area contributed by atoms with Crippen LogP contribution in [0.3, 0.4) is 0 Å². The molecule has 7 heteroatoms. The first-order chi connectivity index (χ1) is 37.5. The van der Waals surface area contributed by atoms with Crippen LogP contribution in [-0.2, 0) is 60.4 Å². The normalized spacial score (nSPS) is 13.9. The van der Waals surface area contributed by atoms with E-state index in [4.69, 9.17) is 19.9 Å². The summed E-state index contributed by atoms with van der Waals surface area (Å²) >= 11 is 0. The third kappa shape index (κ3) is 12.6. The van der Waals surface area contributed by atoms with Gasteiger partial charge in [0, 0.05) is 0 Å². The molecule has 0 spiro atoms. The number of carbonyl (C=O) groups is 2. The fourth-order valence-electron chi connectivity index (χ4n) is 10.9. The second-order valence-electron chi connectivity index (χ2n) is 31.8. The number of fused-ring (bicyclic) bond motifs is 8. The minimum atomic E-state index is -0.676. The van der Waals surface area contributed by atoms with Crippen LogP contribution in [0.15, 0.2) is 97.1 Å². The summed E-state index contributed by atoms with van der Waals surface area (Å²) in [5, 5.41) is 0. The number of nitrogens with zero attached hydrogens (tertiary/aromatic N) is 4. The van der Waals surface area contributed by atoms with Crippen molar-refractivity contribution in [1.29, 1.82) is 0 Å². The van der Waals surface area contributed by atoms with Gasteiger partial charge in [0.2, 0.25) is 0 Å². The monoisotopic (exact) mass is 1150 g/mol. The predicted molar refractivity (Wildman–Crippen MR) is 348 cm³/mol. The van der Waals surface area contributed by atoms with E-state index >= 15 is 9.59 Å². The number of carbonyl (C=O) groups excluding carboxylic acids is 2. The smallest absolute Gasteiger partial charge is 0.657 e. The SMILES string of the molecule is CC(C)(C)c1cc(-c2c3nc(c(-c4cc(C(C)(C)C)cc(C(C)(C)C)c4)c4ccc([n-]4)c(-c4cc(C(C)(C)C)cc(C(C)(C)C)c4)c4nc(c(-c5cc(C(C)(C)C)cc(C(C)(C)C)c5)c5ccc2[n-]5)C(=O)C4=O)C=C3)cc(C(C)(C)C)c1.[Cu+2]. The summed E-state index contributed by atoms with van der Waals surface area (Å²) < 4.78 is 0. The van der Waals surface area contributed by atoms with Gasteiger partial charge in [-0.05, 0) is 144 Å². The fourth-order valence-corrected chi connectivity index (χ4v) is 10.9. The van der Waals surface area contributed by atoms with E-state index in [0.29, 0.717) is 33.2 Å². The van der Waals surface area contributed by atoms with Crippen molar-refractivity contribution in [2.45, 2.75) is 209 Å². The molecule has 0 unspecified atom stereocenters. The minimum absolute atomic E-state index is 0. The van der Waals surface area contributed by atoms with E-state index < -0.39 is 11.6 Å². The zero-order valence-electron chi connectivity index (χ0n) is 54.3. The van der Waals surface area contributed by atoms with Gasteiger partial charge in [-0.3, -0.25) is 9.59 Å². The molecule has 6 nitrogen and oxygen atoms in total. The quantitative estimate of drug-likeness (QED) is 0.129. The molecule has 9 rings (SSSR count). The Morgan fingerprint density at radius 2 is 0.470 bits per heavy atom. The molecule has 0 fully saturated rings. The van der Waals surface area contributed by atoms with Gasteiger partial charge in [-0.25, -0.2) is 9.97 Å². The molecule has 0 N–H and O–H groups in total. The summed E-state index contributed by atoms with van der Waals surface area (Å²) in [6.45, 7) is 53.7. The second-order valence-corrected chi connectivity index (χ2v) is 31.8. The van der Waals surface area contributed by atoms with Crippen LogP contribution < -0.4 is 9.97 Å². The minimum Gasteiger partial charge on any atom is -0.657 e. The van der Waals surface area contributed by atoms with E-state index in [0.717, 1.165) is 67.0 Å². The molecule has 0 saturated carbocycles. The Morgan fingerprint density at radius 3 is 0.675 bits per heavy atom. The van der Waals surface area contributed by atoms with E-state index in [1.807, 2.05) is 12.1 Å². The Labute approximate surface area is 507 Å².